The molecule has 166 valence electrons. The van der Waals surface area contributed by atoms with Crippen molar-refractivity contribution >= 4 is 27.9 Å². The van der Waals surface area contributed by atoms with Gasteiger partial charge in [-0.05, 0) is 44.0 Å². The van der Waals surface area contributed by atoms with Gasteiger partial charge in [0.1, 0.15) is 0 Å². The molecule has 2 rings (SSSR count). The Morgan fingerprint density at radius 1 is 1.00 bits per heavy atom. The number of carbonyl (C=O) groups is 3. The van der Waals surface area contributed by atoms with Gasteiger partial charge in [0.25, 0.3) is 0 Å². The Labute approximate surface area is 176 Å². The molecule has 0 bridgehead atoms. The second kappa shape index (κ2) is 10.4. The summed E-state index contributed by atoms with van der Waals surface area (Å²) in [5.74, 6) is -0.912. The normalized spacial score (nSPS) is 14.4. The van der Waals surface area contributed by atoms with Crippen LogP contribution in [0.5, 0.6) is 0 Å². The van der Waals surface area contributed by atoms with Crippen LogP contribution in [0, 0.1) is 13.8 Å². The molecule has 1 heterocycles. The van der Waals surface area contributed by atoms with Gasteiger partial charge in [0.2, 0.25) is 21.8 Å². The maximum atomic E-state index is 12.3. The van der Waals surface area contributed by atoms with Crippen LogP contribution in [0.2, 0.25) is 0 Å². The van der Waals surface area contributed by atoms with Gasteiger partial charge in [-0.2, -0.15) is 0 Å². The highest BCUT2D eigenvalue weighted by atomic mass is 32.2. The Kier molecular flexibility index (Phi) is 8.18. The van der Waals surface area contributed by atoms with Gasteiger partial charge in [0.05, 0.1) is 24.6 Å². The fourth-order valence-corrected chi connectivity index (χ4v) is 3.89. The first kappa shape index (κ1) is 23.6. The van der Waals surface area contributed by atoms with Crippen LogP contribution in [0.3, 0.4) is 0 Å². The van der Waals surface area contributed by atoms with Crippen molar-refractivity contribution in [3.63, 3.8) is 0 Å². The lowest BCUT2D eigenvalue weighted by atomic mass is 10.1. The number of piperazine rings is 1. The highest BCUT2D eigenvalue weighted by Crippen LogP contribution is 2.14. The van der Waals surface area contributed by atoms with Crippen LogP contribution in [-0.2, 0) is 24.3 Å². The summed E-state index contributed by atoms with van der Waals surface area (Å²) in [5, 5.41) is 2.42. The molecule has 0 spiro atoms. The number of benzene rings is 1. The molecule has 1 aliphatic heterocycles. The third-order valence-corrected chi connectivity index (χ3v) is 6.21. The molecule has 0 aliphatic carbocycles. The smallest absolute Gasteiger partial charge is 0.409 e. The van der Waals surface area contributed by atoms with E-state index < -0.39 is 28.6 Å². The summed E-state index contributed by atoms with van der Waals surface area (Å²) in [7, 11) is -3.83. The molecule has 1 saturated heterocycles. The van der Waals surface area contributed by atoms with Crippen LogP contribution < -0.4 is 10.0 Å². The molecule has 10 nitrogen and oxygen atoms in total. The number of sulfonamides is 1. The van der Waals surface area contributed by atoms with E-state index in [1.54, 1.807) is 19.9 Å². The molecule has 1 aliphatic rings. The Bertz CT molecular complexity index is 894. The van der Waals surface area contributed by atoms with E-state index in [9.17, 15) is 22.8 Å². The van der Waals surface area contributed by atoms with E-state index in [1.807, 2.05) is 6.92 Å². The molecule has 2 N–H and O–H groups in total. The van der Waals surface area contributed by atoms with Gasteiger partial charge in [-0.3, -0.25) is 9.59 Å². The van der Waals surface area contributed by atoms with Crippen molar-refractivity contribution in [2.45, 2.75) is 25.7 Å². The number of rotatable bonds is 7. The first-order valence-electron chi connectivity index (χ1n) is 9.67. The van der Waals surface area contributed by atoms with Crippen molar-refractivity contribution in [1.82, 2.24) is 19.8 Å². The zero-order valence-corrected chi connectivity index (χ0v) is 18.3. The summed E-state index contributed by atoms with van der Waals surface area (Å²) in [6, 6.07) is 4.71. The first-order chi connectivity index (χ1) is 14.1. The largest absolute Gasteiger partial charge is 0.450 e. The molecule has 1 aromatic carbocycles. The van der Waals surface area contributed by atoms with Gasteiger partial charge in [0.15, 0.2) is 0 Å². The van der Waals surface area contributed by atoms with E-state index in [1.165, 1.54) is 21.9 Å². The maximum Gasteiger partial charge on any atom is 0.409 e. The van der Waals surface area contributed by atoms with E-state index in [-0.39, 0.29) is 24.0 Å². The fourth-order valence-electron chi connectivity index (χ4n) is 2.83. The molecule has 0 saturated carbocycles. The third-order valence-electron chi connectivity index (χ3n) is 4.81. The minimum atomic E-state index is -3.83. The van der Waals surface area contributed by atoms with E-state index in [2.05, 4.69) is 10.0 Å². The SMILES string of the molecule is CCOC(=O)N1CCN(C(=O)CNC(=O)CNS(=O)(=O)c2ccc(C)c(C)c2)CC1. The number of amides is 3. The maximum absolute atomic E-state index is 12.3. The summed E-state index contributed by atoms with van der Waals surface area (Å²) in [4.78, 5) is 39.0. The first-order valence-corrected chi connectivity index (χ1v) is 11.2. The predicted octanol–water partition coefficient (Wildman–Crippen LogP) is -0.00136. The molecule has 0 aromatic heterocycles. The Morgan fingerprint density at radius 2 is 1.63 bits per heavy atom. The predicted molar refractivity (Wildman–Crippen MR) is 109 cm³/mol. The van der Waals surface area contributed by atoms with E-state index in [4.69, 9.17) is 4.74 Å². The Hall–Kier alpha value is -2.66. The molecule has 3 amide bonds. The highest BCUT2D eigenvalue weighted by Gasteiger charge is 2.25. The lowest BCUT2D eigenvalue weighted by molar-refractivity contribution is -0.133. The number of hydrogen-bond acceptors (Lipinski definition) is 6. The standard InChI is InChI=1S/C19H28N4O6S/c1-4-29-19(26)23-9-7-22(8-10-23)18(25)13-20-17(24)12-21-30(27,28)16-6-5-14(2)15(3)11-16/h5-6,11,21H,4,7-10,12-13H2,1-3H3,(H,20,24). The average Bonchev–Trinajstić information content (AvgIpc) is 2.72. The van der Waals surface area contributed by atoms with Gasteiger partial charge in [-0.25, -0.2) is 17.9 Å². The van der Waals surface area contributed by atoms with Crippen LogP contribution in [0.1, 0.15) is 18.1 Å². The quantitative estimate of drug-likeness (QED) is 0.615. The summed E-state index contributed by atoms with van der Waals surface area (Å²) in [6.07, 6.45) is -0.408. The Morgan fingerprint density at radius 3 is 2.23 bits per heavy atom. The molecule has 30 heavy (non-hydrogen) atoms. The average molecular weight is 441 g/mol. The molecule has 0 atom stereocenters. The van der Waals surface area contributed by atoms with Crippen LogP contribution in [0.4, 0.5) is 4.79 Å². The summed E-state index contributed by atoms with van der Waals surface area (Å²) >= 11 is 0. The second-order valence-corrected chi connectivity index (χ2v) is 8.68. The summed E-state index contributed by atoms with van der Waals surface area (Å²) in [6.45, 7) is 6.37. The fraction of sp³-hybridized carbons (Fsp3) is 0.526. The van der Waals surface area contributed by atoms with E-state index >= 15 is 0 Å². The zero-order valence-electron chi connectivity index (χ0n) is 17.4. The second-order valence-electron chi connectivity index (χ2n) is 6.91. The minimum Gasteiger partial charge on any atom is -0.450 e. The molecule has 11 heteroatoms. The molecule has 0 unspecified atom stereocenters. The number of aryl methyl sites for hydroxylation is 2. The lowest BCUT2D eigenvalue weighted by Crippen LogP contribution is -2.53. The monoisotopic (exact) mass is 440 g/mol. The topological polar surface area (TPSA) is 125 Å². The van der Waals surface area contributed by atoms with E-state index in [0.29, 0.717) is 26.2 Å². The van der Waals surface area contributed by atoms with Crippen molar-refractivity contribution in [2.75, 3.05) is 45.9 Å². The molecule has 0 radical (unpaired) electrons. The third kappa shape index (κ3) is 6.42. The molecule has 1 aromatic rings. The van der Waals surface area contributed by atoms with E-state index in [0.717, 1.165) is 11.1 Å². The Balaban J connectivity index is 1.76. The van der Waals surface area contributed by atoms with Crippen molar-refractivity contribution in [1.29, 1.82) is 0 Å². The lowest BCUT2D eigenvalue weighted by Gasteiger charge is -2.34. The van der Waals surface area contributed by atoms with Crippen molar-refractivity contribution < 1.29 is 27.5 Å². The number of ether oxygens (including phenoxy) is 1. The molecular formula is C19H28N4O6S. The summed E-state index contributed by atoms with van der Waals surface area (Å²) in [5.41, 5.74) is 1.80. The van der Waals surface area contributed by atoms with Crippen LogP contribution in [0.15, 0.2) is 23.1 Å². The van der Waals surface area contributed by atoms with Gasteiger partial charge in [0, 0.05) is 26.2 Å². The zero-order chi connectivity index (χ0) is 22.3. The molecular weight excluding hydrogens is 412 g/mol. The van der Waals surface area contributed by atoms with Gasteiger partial charge in [-0.15, -0.1) is 0 Å². The minimum absolute atomic E-state index is 0.0777. The highest BCUT2D eigenvalue weighted by molar-refractivity contribution is 7.89. The van der Waals surface area contributed by atoms with Gasteiger partial charge >= 0.3 is 6.09 Å². The summed E-state index contributed by atoms with van der Waals surface area (Å²) < 4.78 is 31.8. The van der Waals surface area contributed by atoms with Crippen LogP contribution in [0.25, 0.3) is 0 Å². The molecule has 1 fully saturated rings. The van der Waals surface area contributed by atoms with Crippen molar-refractivity contribution in [2.24, 2.45) is 0 Å². The number of nitrogens with zero attached hydrogens (tertiary/aromatic N) is 2. The van der Waals surface area contributed by atoms with Crippen LogP contribution in [-0.4, -0.2) is 82.0 Å². The number of hydrogen-bond donors (Lipinski definition) is 2. The van der Waals surface area contributed by atoms with Crippen LogP contribution >= 0.6 is 0 Å². The van der Waals surface area contributed by atoms with Crippen molar-refractivity contribution in [3.05, 3.63) is 29.3 Å². The number of carbonyl (C=O) groups excluding carboxylic acids is 3. The van der Waals surface area contributed by atoms with Gasteiger partial charge in [-0.1, -0.05) is 6.07 Å². The van der Waals surface area contributed by atoms with Gasteiger partial charge < -0.3 is 19.9 Å². The number of nitrogens with one attached hydrogen (secondary N) is 2. The van der Waals surface area contributed by atoms with Crippen molar-refractivity contribution in [3.8, 4) is 0 Å².